The van der Waals surface area contributed by atoms with Crippen molar-refractivity contribution >= 4 is 23.5 Å². The van der Waals surface area contributed by atoms with Gasteiger partial charge in [-0.2, -0.15) is 5.01 Å². The number of thiazole rings is 1. The standard InChI is InChI=1S/C24H21F3N4O3S/c25-24(26,27)34-22-8-1-18(2-9-22)5-10-23-29-20(17-35-23)16-33-21-6-3-19(4-7-21)15-32-14-13-31-12-11-28-30-31/h1-12,17H,13-16H2/p+1/b10-5+. The van der Waals surface area contributed by atoms with E-state index >= 15 is 0 Å². The van der Waals surface area contributed by atoms with Gasteiger partial charge in [-0.3, -0.25) is 0 Å². The Labute approximate surface area is 203 Å². The zero-order valence-electron chi connectivity index (χ0n) is 18.4. The number of benzene rings is 2. The lowest BCUT2D eigenvalue weighted by Crippen LogP contribution is -3.02. The smallest absolute Gasteiger partial charge is 0.487 e. The minimum absolute atomic E-state index is 0.257. The second-order valence-corrected chi connectivity index (χ2v) is 8.27. The largest absolute Gasteiger partial charge is 0.573 e. The van der Waals surface area contributed by atoms with Crippen molar-refractivity contribution in [2.45, 2.75) is 19.6 Å². The Morgan fingerprint density at radius 3 is 2.43 bits per heavy atom. The first kappa shape index (κ1) is 24.6. The molecule has 35 heavy (non-hydrogen) atoms. The molecule has 1 aromatic heterocycles. The summed E-state index contributed by atoms with van der Waals surface area (Å²) in [6, 6.07) is 13.3. The number of ether oxygens (including phenoxy) is 3. The first-order chi connectivity index (χ1) is 16.9. The minimum atomic E-state index is -4.70. The Morgan fingerprint density at radius 1 is 0.943 bits per heavy atom. The van der Waals surface area contributed by atoms with Crippen LogP contribution in [0.3, 0.4) is 0 Å². The Kier molecular flexibility index (Phi) is 8.24. The Bertz CT molecular complexity index is 1160. The van der Waals surface area contributed by atoms with Crippen LogP contribution in [0.15, 0.2) is 76.6 Å². The second-order valence-electron chi connectivity index (χ2n) is 7.39. The van der Waals surface area contributed by atoms with Crippen LogP contribution in [0.2, 0.25) is 0 Å². The average molecular weight is 504 g/mol. The summed E-state index contributed by atoms with van der Waals surface area (Å²) in [6.45, 7) is 2.14. The molecule has 2 aromatic carbocycles. The fraction of sp³-hybridized carbons (Fsp3) is 0.208. The van der Waals surface area contributed by atoms with E-state index in [1.54, 1.807) is 30.5 Å². The van der Waals surface area contributed by atoms with E-state index in [9.17, 15) is 13.2 Å². The summed E-state index contributed by atoms with van der Waals surface area (Å²) >= 11 is 1.45. The Balaban J connectivity index is 1.19. The molecule has 1 unspecified atom stereocenters. The third-order valence-corrected chi connectivity index (χ3v) is 5.56. The van der Waals surface area contributed by atoms with Gasteiger partial charge in [-0.15, -0.1) is 29.6 Å². The SMILES string of the molecule is FC(F)(F)Oc1ccc(/C=C/c2nc(COc3ccc(COCC[NH+]4C=CN=N4)cc3)cs2)cc1. The van der Waals surface area contributed by atoms with E-state index in [0.717, 1.165) is 39.1 Å². The molecule has 4 rings (SSSR count). The Hall–Kier alpha value is -3.54. The monoisotopic (exact) mass is 503 g/mol. The van der Waals surface area contributed by atoms with Crippen molar-refractivity contribution < 1.29 is 32.4 Å². The molecular formula is C24H22F3N4O3S+. The number of hydrogen-bond donors (Lipinski definition) is 1. The van der Waals surface area contributed by atoms with Gasteiger partial charge in [0, 0.05) is 10.6 Å². The van der Waals surface area contributed by atoms with Crippen LogP contribution in [0.5, 0.6) is 11.5 Å². The van der Waals surface area contributed by atoms with E-state index in [2.05, 4.69) is 20.1 Å². The molecule has 0 saturated carbocycles. The van der Waals surface area contributed by atoms with Crippen molar-refractivity contribution in [3.8, 4) is 11.5 Å². The third-order valence-electron chi connectivity index (χ3n) is 4.70. The molecule has 1 aliphatic rings. The number of nitrogens with one attached hydrogen (secondary N) is 1. The summed E-state index contributed by atoms with van der Waals surface area (Å²) < 4.78 is 52.1. The molecule has 0 fully saturated rings. The van der Waals surface area contributed by atoms with Gasteiger partial charge >= 0.3 is 6.36 Å². The van der Waals surface area contributed by atoms with Gasteiger partial charge in [0.05, 0.1) is 18.9 Å². The molecule has 7 nitrogen and oxygen atoms in total. The van der Waals surface area contributed by atoms with Crippen molar-refractivity contribution in [2.24, 2.45) is 10.3 Å². The number of halogens is 3. The van der Waals surface area contributed by atoms with Gasteiger partial charge in [0.25, 0.3) is 0 Å². The van der Waals surface area contributed by atoms with Crippen LogP contribution >= 0.6 is 11.3 Å². The van der Waals surface area contributed by atoms with Crippen LogP contribution in [0.4, 0.5) is 13.2 Å². The van der Waals surface area contributed by atoms with Gasteiger partial charge in [0.1, 0.15) is 42.1 Å². The van der Waals surface area contributed by atoms with Crippen LogP contribution in [-0.2, 0) is 18.0 Å². The van der Waals surface area contributed by atoms with Crippen LogP contribution in [0, 0.1) is 0 Å². The number of hydrogen-bond acceptors (Lipinski definition) is 7. The zero-order valence-corrected chi connectivity index (χ0v) is 19.3. The van der Waals surface area contributed by atoms with Crippen LogP contribution in [0.1, 0.15) is 21.8 Å². The lowest BCUT2D eigenvalue weighted by atomic mass is 10.2. The maximum absolute atomic E-state index is 12.2. The molecule has 0 spiro atoms. The molecule has 1 atom stereocenters. The highest BCUT2D eigenvalue weighted by molar-refractivity contribution is 7.10. The van der Waals surface area contributed by atoms with Crippen molar-refractivity contribution in [3.05, 3.63) is 88.1 Å². The molecular weight excluding hydrogens is 481 g/mol. The highest BCUT2D eigenvalue weighted by atomic mass is 32.1. The zero-order chi connectivity index (χ0) is 24.5. The average Bonchev–Trinajstić information content (AvgIpc) is 3.52. The van der Waals surface area contributed by atoms with Crippen LogP contribution in [-0.4, -0.2) is 24.5 Å². The third kappa shape index (κ3) is 8.32. The molecule has 0 bridgehead atoms. The van der Waals surface area contributed by atoms with E-state index in [4.69, 9.17) is 9.47 Å². The maximum Gasteiger partial charge on any atom is 0.573 e. The molecule has 0 radical (unpaired) electrons. The Morgan fingerprint density at radius 2 is 1.71 bits per heavy atom. The number of quaternary nitrogens is 1. The van der Waals surface area contributed by atoms with E-state index < -0.39 is 6.36 Å². The number of nitrogens with zero attached hydrogens (tertiary/aromatic N) is 3. The van der Waals surface area contributed by atoms with Crippen molar-refractivity contribution in [2.75, 3.05) is 13.2 Å². The molecule has 182 valence electrons. The van der Waals surface area contributed by atoms with Gasteiger partial charge < -0.3 is 14.2 Å². The summed E-state index contributed by atoms with van der Waals surface area (Å²) in [4.78, 5) is 4.50. The van der Waals surface area contributed by atoms with Gasteiger partial charge in [-0.25, -0.2) is 4.98 Å². The van der Waals surface area contributed by atoms with Crippen molar-refractivity contribution in [3.63, 3.8) is 0 Å². The fourth-order valence-corrected chi connectivity index (χ4v) is 3.71. The maximum atomic E-state index is 12.2. The summed E-state index contributed by atoms with van der Waals surface area (Å²) in [6.07, 6.45) is 2.41. The quantitative estimate of drug-likeness (QED) is 0.372. The predicted molar refractivity (Wildman–Crippen MR) is 124 cm³/mol. The number of rotatable bonds is 11. The summed E-state index contributed by atoms with van der Waals surface area (Å²) in [7, 11) is 0. The molecule has 1 aliphatic heterocycles. The summed E-state index contributed by atoms with van der Waals surface area (Å²) in [5.74, 6) is 0.472. The first-order valence-corrected chi connectivity index (χ1v) is 11.5. The molecule has 0 saturated heterocycles. The normalized spacial score (nSPS) is 15.2. The van der Waals surface area contributed by atoms with E-state index in [1.807, 2.05) is 35.8 Å². The lowest BCUT2D eigenvalue weighted by molar-refractivity contribution is -0.855. The van der Waals surface area contributed by atoms with E-state index in [1.165, 1.54) is 23.5 Å². The first-order valence-electron chi connectivity index (χ1n) is 10.6. The fourth-order valence-electron chi connectivity index (χ4n) is 3.01. The molecule has 0 amide bonds. The summed E-state index contributed by atoms with van der Waals surface area (Å²) in [5, 5.41) is 11.3. The highest BCUT2D eigenvalue weighted by Gasteiger charge is 2.30. The van der Waals surface area contributed by atoms with Crippen LogP contribution < -0.4 is 14.5 Å². The minimum Gasteiger partial charge on any atom is -0.487 e. The summed E-state index contributed by atoms with van der Waals surface area (Å²) in [5.41, 5.74) is 2.56. The van der Waals surface area contributed by atoms with Gasteiger partial charge in [0.2, 0.25) is 0 Å². The number of aromatic nitrogens is 1. The van der Waals surface area contributed by atoms with Crippen molar-refractivity contribution in [1.29, 1.82) is 0 Å². The predicted octanol–water partition coefficient (Wildman–Crippen LogP) is 5.04. The molecule has 11 heteroatoms. The highest BCUT2D eigenvalue weighted by Crippen LogP contribution is 2.23. The van der Waals surface area contributed by atoms with Gasteiger partial charge in [-0.1, -0.05) is 30.3 Å². The van der Waals surface area contributed by atoms with Gasteiger partial charge in [-0.05, 0) is 41.5 Å². The molecule has 3 aromatic rings. The lowest BCUT2D eigenvalue weighted by Gasteiger charge is -2.08. The molecule has 1 N–H and O–H groups in total. The second kappa shape index (κ2) is 11.7. The van der Waals surface area contributed by atoms with E-state index in [0.29, 0.717) is 19.8 Å². The molecule has 0 aliphatic carbocycles. The van der Waals surface area contributed by atoms with Crippen LogP contribution in [0.25, 0.3) is 12.2 Å². The topological polar surface area (TPSA) is 69.7 Å². The molecule has 2 heterocycles. The van der Waals surface area contributed by atoms with E-state index in [-0.39, 0.29) is 5.75 Å². The number of alkyl halides is 3. The van der Waals surface area contributed by atoms with Crippen molar-refractivity contribution in [1.82, 2.24) is 4.98 Å². The van der Waals surface area contributed by atoms with Gasteiger partial charge in [0.15, 0.2) is 0 Å².